The Hall–Kier alpha value is -2.99. The zero-order valence-corrected chi connectivity index (χ0v) is 14.3. The zero-order chi connectivity index (χ0) is 17.9. The second-order valence-electron chi connectivity index (χ2n) is 6.42. The van der Waals surface area contributed by atoms with E-state index in [-0.39, 0.29) is 18.3 Å². The third-order valence-corrected chi connectivity index (χ3v) is 4.51. The fourth-order valence-corrected chi connectivity index (χ4v) is 2.92. The van der Waals surface area contributed by atoms with Crippen molar-refractivity contribution in [1.82, 2.24) is 20.1 Å². The van der Waals surface area contributed by atoms with Gasteiger partial charge in [0.05, 0.1) is 12.3 Å². The van der Waals surface area contributed by atoms with Crippen molar-refractivity contribution in [3.8, 4) is 5.69 Å². The first-order valence-corrected chi connectivity index (χ1v) is 8.74. The number of aliphatic hydroxyl groups is 1. The zero-order valence-electron chi connectivity index (χ0n) is 14.3. The third-order valence-electron chi connectivity index (χ3n) is 4.51. The molecule has 1 aliphatic rings. The van der Waals surface area contributed by atoms with Gasteiger partial charge in [0.15, 0.2) is 0 Å². The number of carbonyl (C=O) groups is 1. The summed E-state index contributed by atoms with van der Waals surface area (Å²) in [4.78, 5) is 17.0. The van der Waals surface area contributed by atoms with Crippen molar-refractivity contribution in [3.63, 3.8) is 0 Å². The van der Waals surface area contributed by atoms with Crippen molar-refractivity contribution in [1.29, 1.82) is 0 Å². The third kappa shape index (κ3) is 3.36. The number of para-hydroxylation sites is 1. The lowest BCUT2D eigenvalue weighted by atomic mass is 10.1. The molecule has 1 heterocycles. The van der Waals surface area contributed by atoms with Gasteiger partial charge in [-0.05, 0) is 36.1 Å². The van der Waals surface area contributed by atoms with Crippen molar-refractivity contribution in [3.05, 3.63) is 77.4 Å². The fraction of sp³-hybridized carbons (Fsp3) is 0.250. The highest BCUT2D eigenvalue weighted by atomic mass is 16.3. The Morgan fingerprint density at radius 3 is 2.46 bits per heavy atom. The maximum atomic E-state index is 12.5. The van der Waals surface area contributed by atoms with Crippen LogP contribution in [0.25, 0.3) is 5.69 Å². The molecular formula is C20H20N4O2. The number of hydrogen-bond acceptors (Lipinski definition) is 4. The lowest BCUT2D eigenvalue weighted by Gasteiger charge is -2.07. The number of carbonyl (C=O) groups excluding carboxylic acids is 1. The maximum absolute atomic E-state index is 12.5. The lowest BCUT2D eigenvalue weighted by Crippen LogP contribution is -2.24. The highest BCUT2D eigenvalue weighted by Gasteiger charge is 2.31. The molecule has 1 saturated carbocycles. The Balaban J connectivity index is 1.55. The average molecular weight is 348 g/mol. The van der Waals surface area contributed by atoms with Gasteiger partial charge in [0.1, 0.15) is 5.82 Å². The number of benzene rings is 2. The van der Waals surface area contributed by atoms with Crippen molar-refractivity contribution >= 4 is 5.91 Å². The average Bonchev–Trinajstić information content (AvgIpc) is 3.45. The Morgan fingerprint density at radius 1 is 1.08 bits per heavy atom. The predicted molar refractivity (Wildman–Crippen MR) is 96.9 cm³/mol. The fourth-order valence-electron chi connectivity index (χ4n) is 2.92. The van der Waals surface area contributed by atoms with Crippen LogP contribution in [0.15, 0.2) is 54.6 Å². The van der Waals surface area contributed by atoms with Gasteiger partial charge in [-0.2, -0.15) is 0 Å². The van der Waals surface area contributed by atoms with Crippen LogP contribution in [-0.4, -0.2) is 25.8 Å². The molecule has 1 aromatic heterocycles. The van der Waals surface area contributed by atoms with Gasteiger partial charge >= 0.3 is 0 Å². The number of amides is 1. The number of nitrogens with one attached hydrogen (secondary N) is 1. The van der Waals surface area contributed by atoms with Gasteiger partial charge in [-0.1, -0.05) is 42.5 Å². The molecule has 132 valence electrons. The second-order valence-corrected chi connectivity index (χ2v) is 6.42. The van der Waals surface area contributed by atoms with E-state index in [9.17, 15) is 9.90 Å². The van der Waals surface area contributed by atoms with Gasteiger partial charge in [0.2, 0.25) is 5.82 Å². The van der Waals surface area contributed by atoms with Gasteiger partial charge in [0, 0.05) is 12.5 Å². The Bertz CT molecular complexity index is 917. The standard InChI is InChI=1S/C20H20N4O2/c25-13-16-7-5-4-6-15(16)12-21-20(26)18-22-19(14-10-11-14)24(23-18)17-8-2-1-3-9-17/h1-9,14,25H,10-13H2,(H,21,26). The highest BCUT2D eigenvalue weighted by molar-refractivity contribution is 5.90. The number of aromatic nitrogens is 3. The van der Waals surface area contributed by atoms with E-state index < -0.39 is 0 Å². The first kappa shape index (κ1) is 16.5. The van der Waals surface area contributed by atoms with Crippen LogP contribution in [0, 0.1) is 0 Å². The Kier molecular flexibility index (Phi) is 4.50. The van der Waals surface area contributed by atoms with Crippen molar-refractivity contribution in [2.45, 2.75) is 31.9 Å². The Morgan fingerprint density at radius 2 is 1.77 bits per heavy atom. The van der Waals surface area contributed by atoms with E-state index in [1.807, 2.05) is 54.6 Å². The molecule has 1 aliphatic carbocycles. The molecular weight excluding hydrogens is 328 g/mol. The molecule has 3 aromatic rings. The summed E-state index contributed by atoms with van der Waals surface area (Å²) in [6.45, 7) is 0.271. The Labute approximate surface area is 151 Å². The van der Waals surface area contributed by atoms with E-state index in [2.05, 4.69) is 15.4 Å². The van der Waals surface area contributed by atoms with Crippen molar-refractivity contribution in [2.24, 2.45) is 0 Å². The molecule has 0 aliphatic heterocycles. The van der Waals surface area contributed by atoms with Crippen molar-refractivity contribution in [2.75, 3.05) is 0 Å². The summed E-state index contributed by atoms with van der Waals surface area (Å²) in [6.07, 6.45) is 2.16. The topological polar surface area (TPSA) is 80.0 Å². The SMILES string of the molecule is O=C(NCc1ccccc1CO)c1nc(C2CC2)n(-c2ccccc2)n1. The van der Waals surface area contributed by atoms with Crippen LogP contribution < -0.4 is 5.32 Å². The maximum Gasteiger partial charge on any atom is 0.291 e. The largest absolute Gasteiger partial charge is 0.392 e. The van der Waals surface area contributed by atoms with Crippen LogP contribution in [0.4, 0.5) is 0 Å². The minimum absolute atomic E-state index is 0.0568. The first-order chi connectivity index (χ1) is 12.8. The smallest absolute Gasteiger partial charge is 0.291 e. The van der Waals surface area contributed by atoms with Gasteiger partial charge < -0.3 is 10.4 Å². The molecule has 2 N–H and O–H groups in total. The molecule has 0 unspecified atom stereocenters. The van der Waals surface area contributed by atoms with Gasteiger partial charge in [-0.15, -0.1) is 5.10 Å². The summed E-state index contributed by atoms with van der Waals surface area (Å²) in [6, 6.07) is 17.2. The summed E-state index contributed by atoms with van der Waals surface area (Å²) < 4.78 is 1.77. The van der Waals surface area contributed by atoms with Gasteiger partial charge in [0.25, 0.3) is 5.91 Å². The van der Waals surface area contributed by atoms with Crippen LogP contribution in [0.3, 0.4) is 0 Å². The highest BCUT2D eigenvalue weighted by Crippen LogP contribution is 2.39. The van der Waals surface area contributed by atoms with Crippen LogP contribution in [0.1, 0.15) is 46.3 Å². The minimum Gasteiger partial charge on any atom is -0.392 e. The van der Waals surface area contributed by atoms with Gasteiger partial charge in [-0.25, -0.2) is 9.67 Å². The molecule has 4 rings (SSSR count). The first-order valence-electron chi connectivity index (χ1n) is 8.74. The summed E-state index contributed by atoms with van der Waals surface area (Å²) in [5.74, 6) is 1.09. The molecule has 1 amide bonds. The molecule has 1 fully saturated rings. The summed E-state index contributed by atoms with van der Waals surface area (Å²) >= 11 is 0. The second kappa shape index (κ2) is 7.09. The minimum atomic E-state index is -0.311. The van der Waals surface area contributed by atoms with E-state index in [4.69, 9.17) is 0 Å². The van der Waals surface area contributed by atoms with Crippen LogP contribution in [0.5, 0.6) is 0 Å². The molecule has 0 spiro atoms. The van der Waals surface area contributed by atoms with E-state index in [0.717, 1.165) is 35.5 Å². The summed E-state index contributed by atoms with van der Waals surface area (Å²) in [5.41, 5.74) is 2.59. The van der Waals surface area contributed by atoms with E-state index in [0.29, 0.717) is 12.5 Å². The van der Waals surface area contributed by atoms with Crippen LogP contribution in [0.2, 0.25) is 0 Å². The molecule has 0 bridgehead atoms. The van der Waals surface area contributed by atoms with E-state index in [1.54, 1.807) is 4.68 Å². The number of aliphatic hydroxyl groups excluding tert-OH is 1. The normalized spacial score (nSPS) is 13.6. The number of hydrogen-bond donors (Lipinski definition) is 2. The van der Waals surface area contributed by atoms with E-state index in [1.165, 1.54) is 0 Å². The molecule has 0 atom stereocenters. The number of rotatable bonds is 6. The quantitative estimate of drug-likeness (QED) is 0.717. The van der Waals surface area contributed by atoms with E-state index >= 15 is 0 Å². The van der Waals surface area contributed by atoms with Crippen LogP contribution >= 0.6 is 0 Å². The molecule has 2 aromatic carbocycles. The summed E-state index contributed by atoms with van der Waals surface area (Å²) in [5, 5.41) is 16.7. The number of nitrogens with zero attached hydrogens (tertiary/aromatic N) is 3. The predicted octanol–water partition coefficient (Wildman–Crippen LogP) is 2.57. The van der Waals surface area contributed by atoms with Gasteiger partial charge in [-0.3, -0.25) is 4.79 Å². The lowest BCUT2D eigenvalue weighted by molar-refractivity contribution is 0.0940. The molecule has 6 heteroatoms. The molecule has 6 nitrogen and oxygen atoms in total. The molecule has 0 saturated heterocycles. The van der Waals surface area contributed by atoms with Crippen LogP contribution in [-0.2, 0) is 13.2 Å². The molecule has 0 radical (unpaired) electrons. The monoisotopic (exact) mass is 348 g/mol. The van der Waals surface area contributed by atoms with Crippen molar-refractivity contribution < 1.29 is 9.90 Å². The summed E-state index contributed by atoms with van der Waals surface area (Å²) in [7, 11) is 0. The molecule has 26 heavy (non-hydrogen) atoms.